The molecule has 0 fully saturated rings. The fourth-order valence-electron chi connectivity index (χ4n) is 0.406. The zero-order valence-corrected chi connectivity index (χ0v) is 9.50. The minimum Gasteiger partial charge on any atom is -0.368 e. The molecule has 1 aliphatic heterocycles. The van der Waals surface area contributed by atoms with E-state index < -0.39 is 8.26 Å². The summed E-state index contributed by atoms with van der Waals surface area (Å²) in [5.41, 5.74) is 0. The van der Waals surface area contributed by atoms with E-state index in [0.29, 0.717) is 0 Å². The van der Waals surface area contributed by atoms with Crippen LogP contribution in [0.5, 0.6) is 0 Å². The van der Waals surface area contributed by atoms with Gasteiger partial charge < -0.3 is 5.32 Å². The van der Waals surface area contributed by atoms with Gasteiger partial charge in [-0.2, -0.15) is 8.42 Å². The minimum atomic E-state index is -3.72. The van der Waals surface area contributed by atoms with Crippen LogP contribution in [-0.2, 0) is 8.26 Å². The molecule has 0 saturated heterocycles. The van der Waals surface area contributed by atoms with Crippen molar-refractivity contribution in [1.82, 2.24) is 5.32 Å². The number of nitrogens with one attached hydrogen (secondary N) is 1. The van der Waals surface area contributed by atoms with Gasteiger partial charge in [0, 0.05) is 33.8 Å². The molecule has 0 atom stereocenters. The molecule has 0 bridgehead atoms. The first-order valence-electron chi connectivity index (χ1n) is 2.89. The Balaban J connectivity index is 0. The fraction of sp³-hybridized carbons (Fsp3) is 0. The van der Waals surface area contributed by atoms with Gasteiger partial charge in [-0.05, 0) is 12.2 Å². The summed E-state index contributed by atoms with van der Waals surface area (Å²) in [4.78, 5) is 0. The van der Waals surface area contributed by atoms with E-state index in [1.807, 2.05) is 36.7 Å². The monoisotopic (exact) mass is 263 g/mol. The van der Waals surface area contributed by atoms with Crippen LogP contribution in [0.4, 0.5) is 0 Å². The van der Waals surface area contributed by atoms with Gasteiger partial charge in [0.1, 0.15) is 0 Å². The predicted octanol–water partition coefficient (Wildman–Crippen LogP) is 2.30. The van der Waals surface area contributed by atoms with E-state index in [9.17, 15) is 0 Å². The van der Waals surface area contributed by atoms with Gasteiger partial charge in [0.05, 0.1) is 0 Å². The van der Waals surface area contributed by atoms with Crippen LogP contribution in [0.1, 0.15) is 0 Å². The van der Waals surface area contributed by atoms with Crippen molar-refractivity contribution >= 4 is 42.0 Å². The number of halogens is 3. The van der Waals surface area contributed by atoms with Crippen molar-refractivity contribution in [2.75, 3.05) is 0 Å². The lowest BCUT2D eigenvalue weighted by Crippen LogP contribution is -1.87. The lowest BCUT2D eigenvalue weighted by Gasteiger charge is -1.79. The highest BCUT2D eigenvalue weighted by Gasteiger charge is 1.88. The molecule has 0 aromatic carbocycles. The Bertz CT molecular complexity index is 273. The number of allylic oxidation sites excluding steroid dienone is 4. The largest absolute Gasteiger partial charge is 0.368 e. The second kappa shape index (κ2) is 8.44. The Morgan fingerprint density at radius 2 is 1.23 bits per heavy atom. The van der Waals surface area contributed by atoms with Crippen molar-refractivity contribution in [2.24, 2.45) is 0 Å². The highest BCUT2D eigenvalue weighted by Crippen LogP contribution is 1.98. The maximum absolute atomic E-state index is 9.16. The van der Waals surface area contributed by atoms with Gasteiger partial charge in [-0.15, -0.1) is 12.4 Å². The molecule has 7 heteroatoms. The van der Waals surface area contributed by atoms with Gasteiger partial charge in [-0.1, -0.05) is 12.2 Å². The van der Waals surface area contributed by atoms with Crippen molar-refractivity contribution in [3.05, 3.63) is 36.7 Å². The minimum absolute atomic E-state index is 0. The van der Waals surface area contributed by atoms with Gasteiger partial charge in [-0.25, -0.2) is 0 Å². The maximum Gasteiger partial charge on any atom is 0.317 e. The maximum atomic E-state index is 9.16. The molecule has 13 heavy (non-hydrogen) atoms. The molecule has 0 aliphatic carbocycles. The third-order valence-corrected chi connectivity index (χ3v) is 0.718. The molecule has 3 nitrogen and oxygen atoms in total. The molecule has 0 saturated carbocycles. The quantitative estimate of drug-likeness (QED) is 0.683. The van der Waals surface area contributed by atoms with Gasteiger partial charge in [-0.3, -0.25) is 0 Å². The molecule has 1 N–H and O–H groups in total. The van der Waals surface area contributed by atoms with E-state index in [-0.39, 0.29) is 12.4 Å². The molecule has 1 heterocycles. The number of hydrogen-bond donors (Lipinski definition) is 1. The molecule has 0 radical (unpaired) electrons. The highest BCUT2D eigenvalue weighted by atomic mass is 36.0. The zero-order chi connectivity index (χ0) is 9.45. The van der Waals surface area contributed by atoms with Crippen LogP contribution < -0.4 is 5.32 Å². The molecular weight excluding hydrogens is 256 g/mol. The first-order valence-corrected chi connectivity index (χ1v) is 6.02. The third-order valence-electron chi connectivity index (χ3n) is 0.718. The van der Waals surface area contributed by atoms with Crippen LogP contribution in [-0.4, -0.2) is 8.42 Å². The molecule has 0 aromatic heterocycles. The first-order chi connectivity index (χ1) is 5.50. The van der Waals surface area contributed by atoms with E-state index in [2.05, 4.69) is 26.7 Å². The van der Waals surface area contributed by atoms with Crippen molar-refractivity contribution in [3.8, 4) is 0 Å². The summed E-state index contributed by atoms with van der Waals surface area (Å²) in [5, 5.41) is 2.92. The Morgan fingerprint density at radius 1 is 0.923 bits per heavy atom. The average Bonchev–Trinajstić information content (AvgIpc) is 2.10. The van der Waals surface area contributed by atoms with E-state index in [1.165, 1.54) is 0 Å². The van der Waals surface area contributed by atoms with E-state index in [0.717, 1.165) is 0 Å². The van der Waals surface area contributed by atoms with Crippen molar-refractivity contribution in [2.45, 2.75) is 0 Å². The summed E-state index contributed by atoms with van der Waals surface area (Å²) in [6, 6.07) is 0. The highest BCUT2D eigenvalue weighted by molar-refractivity contribution is 8.31. The summed E-state index contributed by atoms with van der Waals surface area (Å²) in [5.74, 6) is 0. The van der Waals surface area contributed by atoms with Crippen LogP contribution in [0, 0.1) is 0 Å². The molecule has 1 aliphatic rings. The molecule has 0 amide bonds. The van der Waals surface area contributed by atoms with E-state index >= 15 is 0 Å². The number of hydrogen-bond acceptors (Lipinski definition) is 3. The van der Waals surface area contributed by atoms with Gasteiger partial charge in [0.15, 0.2) is 0 Å². The summed E-state index contributed by atoms with van der Waals surface area (Å²) < 4.78 is 18.3. The van der Waals surface area contributed by atoms with Crippen molar-refractivity contribution in [1.29, 1.82) is 0 Å². The van der Waals surface area contributed by atoms with Gasteiger partial charge in [0.2, 0.25) is 0 Å². The van der Waals surface area contributed by atoms with Gasteiger partial charge in [0.25, 0.3) is 0 Å². The first kappa shape index (κ1) is 15.3. The second-order valence-electron chi connectivity index (χ2n) is 1.65. The Morgan fingerprint density at radius 3 is 1.54 bits per heavy atom. The summed E-state index contributed by atoms with van der Waals surface area (Å²) in [6.07, 6.45) is 11.6. The molecular formula is C6H8Cl3NO2S. The van der Waals surface area contributed by atoms with E-state index in [1.54, 1.807) is 0 Å². The van der Waals surface area contributed by atoms with Crippen molar-refractivity contribution in [3.63, 3.8) is 0 Å². The average molecular weight is 265 g/mol. The Kier molecular flexibility index (Phi) is 9.94. The second-order valence-corrected chi connectivity index (χ2v) is 5.32. The summed E-state index contributed by atoms with van der Waals surface area (Å²) in [7, 11) is 4.81. The smallest absolute Gasteiger partial charge is 0.317 e. The van der Waals surface area contributed by atoms with Crippen LogP contribution in [0.25, 0.3) is 0 Å². The Hall–Kier alpha value is -0.160. The predicted molar refractivity (Wildman–Crippen MR) is 58.4 cm³/mol. The zero-order valence-electron chi connectivity index (χ0n) is 6.35. The summed E-state index contributed by atoms with van der Waals surface area (Å²) >= 11 is 0. The molecule has 0 aromatic rings. The standard InChI is InChI=1S/C6H7N.Cl2O2S.ClH/c1-2-4-6-7-5-3-1;1-5(2,3)4;/h1-7H;;1H. The van der Waals surface area contributed by atoms with Crippen LogP contribution in [0.2, 0.25) is 0 Å². The van der Waals surface area contributed by atoms with Gasteiger partial charge >= 0.3 is 8.26 Å². The summed E-state index contributed by atoms with van der Waals surface area (Å²) in [6.45, 7) is 0. The van der Waals surface area contributed by atoms with Crippen LogP contribution >= 0.6 is 33.8 Å². The topological polar surface area (TPSA) is 46.2 Å². The van der Waals surface area contributed by atoms with Crippen LogP contribution in [0.15, 0.2) is 36.7 Å². The van der Waals surface area contributed by atoms with Crippen LogP contribution in [0.3, 0.4) is 0 Å². The normalized spacial score (nSPS) is 13.1. The third kappa shape index (κ3) is 24.5. The molecule has 76 valence electrons. The Labute approximate surface area is 92.4 Å². The molecule has 0 unspecified atom stereocenters. The van der Waals surface area contributed by atoms with E-state index in [4.69, 9.17) is 8.42 Å². The molecule has 1 rings (SSSR count). The molecule has 0 spiro atoms. The van der Waals surface area contributed by atoms with Crippen molar-refractivity contribution < 1.29 is 8.42 Å². The lowest BCUT2D eigenvalue weighted by molar-refractivity contribution is 0.621. The SMILES string of the molecule is C1=CC=CNC=C1.Cl.O=S(=O)(Cl)Cl. The lowest BCUT2D eigenvalue weighted by atomic mass is 10.5. The fourth-order valence-corrected chi connectivity index (χ4v) is 0.406. The number of rotatable bonds is 0.